The summed E-state index contributed by atoms with van der Waals surface area (Å²) in [5, 5.41) is 3.57. The van der Waals surface area contributed by atoms with Crippen LogP contribution in [0.3, 0.4) is 0 Å². The molecule has 0 aromatic heterocycles. The van der Waals surface area contributed by atoms with Crippen LogP contribution in [0.1, 0.15) is 32.3 Å². The summed E-state index contributed by atoms with van der Waals surface area (Å²) < 4.78 is 7.20. The van der Waals surface area contributed by atoms with Crippen molar-refractivity contribution >= 4 is 15.9 Å². The summed E-state index contributed by atoms with van der Waals surface area (Å²) in [5.41, 5.74) is 1.35. The van der Waals surface area contributed by atoms with Crippen LogP contribution in [0.5, 0.6) is 0 Å². The van der Waals surface area contributed by atoms with Crippen LogP contribution in [-0.4, -0.2) is 24.8 Å². The molecule has 18 heavy (non-hydrogen) atoms. The van der Waals surface area contributed by atoms with Crippen molar-refractivity contribution in [2.24, 2.45) is 0 Å². The number of hydrogen-bond donors (Lipinski definition) is 1. The Labute approximate surface area is 118 Å². The molecule has 1 aromatic rings. The van der Waals surface area contributed by atoms with Gasteiger partial charge in [0.25, 0.3) is 0 Å². The van der Waals surface area contributed by atoms with Crippen molar-refractivity contribution in [3.05, 3.63) is 34.3 Å². The van der Waals surface area contributed by atoms with Gasteiger partial charge >= 0.3 is 0 Å². The van der Waals surface area contributed by atoms with Crippen LogP contribution in [0.25, 0.3) is 0 Å². The number of rotatable bonds is 5. The maximum Gasteiger partial charge on any atom is 0.0735 e. The van der Waals surface area contributed by atoms with Gasteiger partial charge in [-0.25, -0.2) is 0 Å². The van der Waals surface area contributed by atoms with Crippen molar-refractivity contribution in [2.45, 2.75) is 51.4 Å². The minimum absolute atomic E-state index is 0.354. The maximum atomic E-state index is 6.01. The summed E-state index contributed by atoms with van der Waals surface area (Å²) in [6.45, 7) is 5.32. The van der Waals surface area contributed by atoms with Crippen LogP contribution in [0, 0.1) is 0 Å². The molecule has 2 rings (SSSR count). The molecule has 1 N–H and O–H groups in total. The van der Waals surface area contributed by atoms with Gasteiger partial charge in [-0.05, 0) is 44.4 Å². The average Bonchev–Trinajstić information content (AvgIpc) is 2.78. The molecular weight excluding hydrogens is 290 g/mol. The minimum atomic E-state index is 0.354. The normalized spacial score (nSPS) is 25.3. The molecule has 0 aliphatic carbocycles. The van der Waals surface area contributed by atoms with Crippen molar-refractivity contribution < 1.29 is 4.74 Å². The second kappa shape index (κ2) is 6.69. The fraction of sp³-hybridized carbons (Fsp3) is 0.600. The third-order valence-electron chi connectivity index (χ3n) is 3.58. The van der Waals surface area contributed by atoms with Crippen molar-refractivity contribution in [3.63, 3.8) is 0 Å². The Morgan fingerprint density at radius 2 is 2.17 bits per heavy atom. The van der Waals surface area contributed by atoms with E-state index in [2.05, 4.69) is 59.4 Å². The molecule has 2 nitrogen and oxygen atoms in total. The first-order valence-electron chi connectivity index (χ1n) is 6.83. The van der Waals surface area contributed by atoms with Crippen molar-refractivity contribution in [2.75, 3.05) is 6.54 Å². The van der Waals surface area contributed by atoms with E-state index in [-0.39, 0.29) is 0 Å². The Kier molecular flexibility index (Phi) is 5.22. The van der Waals surface area contributed by atoms with Crippen LogP contribution in [-0.2, 0) is 11.2 Å². The highest BCUT2D eigenvalue weighted by Gasteiger charge is 2.29. The molecular formula is C15H22BrNO. The number of ether oxygens (including phenoxy) is 1. The number of likely N-dealkylation sites (N-methyl/N-ethyl adjacent to an activating group) is 1. The SMILES string of the molecule is CCNC(Cc1ccccc1Br)C1CCC(C)O1. The third kappa shape index (κ3) is 3.56. The third-order valence-corrected chi connectivity index (χ3v) is 4.35. The van der Waals surface area contributed by atoms with E-state index < -0.39 is 0 Å². The number of nitrogens with one attached hydrogen (secondary N) is 1. The van der Waals surface area contributed by atoms with Gasteiger partial charge in [0.1, 0.15) is 0 Å². The van der Waals surface area contributed by atoms with E-state index in [0.29, 0.717) is 18.2 Å². The fourth-order valence-corrected chi connectivity index (χ4v) is 3.07. The molecule has 1 saturated heterocycles. The maximum absolute atomic E-state index is 6.01. The van der Waals surface area contributed by atoms with Crippen LogP contribution in [0.15, 0.2) is 28.7 Å². The Balaban J connectivity index is 2.04. The monoisotopic (exact) mass is 311 g/mol. The zero-order chi connectivity index (χ0) is 13.0. The lowest BCUT2D eigenvalue weighted by atomic mass is 9.99. The van der Waals surface area contributed by atoms with Crippen LogP contribution >= 0.6 is 15.9 Å². The highest BCUT2D eigenvalue weighted by Crippen LogP contribution is 2.25. The molecule has 3 heteroatoms. The van der Waals surface area contributed by atoms with Gasteiger partial charge in [0.15, 0.2) is 0 Å². The van der Waals surface area contributed by atoms with Gasteiger partial charge in [0, 0.05) is 10.5 Å². The Hall–Kier alpha value is -0.380. The molecule has 100 valence electrons. The van der Waals surface area contributed by atoms with Crippen LogP contribution in [0.4, 0.5) is 0 Å². The molecule has 3 unspecified atom stereocenters. The number of halogens is 1. The first kappa shape index (κ1) is 14.0. The zero-order valence-corrected chi connectivity index (χ0v) is 12.7. The van der Waals surface area contributed by atoms with E-state index >= 15 is 0 Å². The molecule has 1 fully saturated rings. The second-order valence-electron chi connectivity index (χ2n) is 5.02. The largest absolute Gasteiger partial charge is 0.374 e. The molecule has 1 aliphatic heterocycles. The molecule has 1 aromatic carbocycles. The van der Waals surface area contributed by atoms with Gasteiger partial charge in [-0.2, -0.15) is 0 Å². The van der Waals surface area contributed by atoms with Gasteiger partial charge in [-0.3, -0.25) is 0 Å². The van der Waals surface area contributed by atoms with Crippen LogP contribution < -0.4 is 5.32 Å². The van der Waals surface area contributed by atoms with Gasteiger partial charge in [-0.15, -0.1) is 0 Å². The van der Waals surface area contributed by atoms with E-state index in [4.69, 9.17) is 4.74 Å². The first-order valence-corrected chi connectivity index (χ1v) is 7.62. The molecule has 1 heterocycles. The minimum Gasteiger partial charge on any atom is -0.374 e. The van der Waals surface area contributed by atoms with Gasteiger partial charge in [0.2, 0.25) is 0 Å². The lowest BCUT2D eigenvalue weighted by Crippen LogP contribution is -2.41. The Bertz CT molecular complexity index is 383. The zero-order valence-electron chi connectivity index (χ0n) is 11.2. The lowest BCUT2D eigenvalue weighted by Gasteiger charge is -2.25. The molecule has 1 aliphatic rings. The summed E-state index contributed by atoms with van der Waals surface area (Å²) >= 11 is 3.63. The second-order valence-corrected chi connectivity index (χ2v) is 5.88. The van der Waals surface area contributed by atoms with Gasteiger partial charge in [-0.1, -0.05) is 41.1 Å². The summed E-state index contributed by atoms with van der Waals surface area (Å²) in [5.74, 6) is 0. The quantitative estimate of drug-likeness (QED) is 0.898. The molecule has 0 spiro atoms. The van der Waals surface area contributed by atoms with Crippen molar-refractivity contribution in [1.82, 2.24) is 5.32 Å². The van der Waals surface area contributed by atoms with Crippen molar-refractivity contribution in [1.29, 1.82) is 0 Å². The summed E-state index contributed by atoms with van der Waals surface area (Å²) in [6.07, 6.45) is 4.14. The van der Waals surface area contributed by atoms with E-state index in [1.807, 2.05) is 0 Å². The topological polar surface area (TPSA) is 21.3 Å². The number of hydrogen-bond acceptors (Lipinski definition) is 2. The fourth-order valence-electron chi connectivity index (χ4n) is 2.63. The molecule has 0 saturated carbocycles. The van der Waals surface area contributed by atoms with E-state index in [0.717, 1.165) is 13.0 Å². The van der Waals surface area contributed by atoms with Gasteiger partial charge in [0.05, 0.1) is 12.2 Å². The highest BCUT2D eigenvalue weighted by molar-refractivity contribution is 9.10. The average molecular weight is 312 g/mol. The van der Waals surface area contributed by atoms with Crippen molar-refractivity contribution in [3.8, 4) is 0 Å². The smallest absolute Gasteiger partial charge is 0.0735 e. The lowest BCUT2D eigenvalue weighted by molar-refractivity contribution is 0.0324. The summed E-state index contributed by atoms with van der Waals surface area (Å²) in [4.78, 5) is 0. The predicted molar refractivity (Wildman–Crippen MR) is 78.9 cm³/mol. The Morgan fingerprint density at radius 1 is 1.39 bits per heavy atom. The molecule has 0 radical (unpaired) electrons. The van der Waals surface area contributed by atoms with Crippen LogP contribution in [0.2, 0.25) is 0 Å². The summed E-state index contributed by atoms with van der Waals surface area (Å²) in [7, 11) is 0. The standard InChI is InChI=1S/C15H22BrNO/c1-3-17-14(15-9-8-11(2)18-15)10-12-6-4-5-7-13(12)16/h4-7,11,14-15,17H,3,8-10H2,1-2H3. The molecule has 3 atom stereocenters. The predicted octanol–water partition coefficient (Wildman–Crippen LogP) is 3.54. The Morgan fingerprint density at radius 3 is 2.78 bits per heavy atom. The van der Waals surface area contributed by atoms with E-state index in [1.165, 1.54) is 22.9 Å². The number of benzene rings is 1. The molecule has 0 bridgehead atoms. The highest BCUT2D eigenvalue weighted by atomic mass is 79.9. The van der Waals surface area contributed by atoms with E-state index in [1.54, 1.807) is 0 Å². The first-order chi connectivity index (χ1) is 8.70. The van der Waals surface area contributed by atoms with Gasteiger partial charge < -0.3 is 10.1 Å². The van der Waals surface area contributed by atoms with E-state index in [9.17, 15) is 0 Å². The molecule has 0 amide bonds. The summed E-state index contributed by atoms with van der Waals surface area (Å²) in [6, 6.07) is 8.87.